The molecule has 14 heavy (non-hydrogen) atoms. The summed E-state index contributed by atoms with van der Waals surface area (Å²) in [6.45, 7) is 3.37. The lowest BCUT2D eigenvalue weighted by molar-refractivity contribution is 0.404. The van der Waals surface area contributed by atoms with Crippen molar-refractivity contribution in [3.8, 4) is 5.75 Å². The Bertz CT molecular complexity index is 329. The third-order valence-corrected chi connectivity index (χ3v) is 1.88. The Morgan fingerprint density at radius 1 is 1.43 bits per heavy atom. The summed E-state index contributed by atoms with van der Waals surface area (Å²) in [5.41, 5.74) is 5.25. The van der Waals surface area contributed by atoms with Crippen molar-refractivity contribution in [3.63, 3.8) is 0 Å². The second kappa shape index (κ2) is 4.19. The fourth-order valence-electron chi connectivity index (χ4n) is 1.12. The maximum absolute atomic E-state index is 13.3. The minimum absolute atomic E-state index is 0.125. The lowest BCUT2D eigenvalue weighted by Gasteiger charge is -2.10. The number of rotatable bonds is 3. The summed E-state index contributed by atoms with van der Waals surface area (Å²) >= 11 is 0. The van der Waals surface area contributed by atoms with Crippen LogP contribution in [-0.4, -0.2) is 7.11 Å². The van der Waals surface area contributed by atoms with Gasteiger partial charge in [0.25, 0.3) is 0 Å². The van der Waals surface area contributed by atoms with Crippen LogP contribution in [0.4, 0.5) is 8.78 Å². The van der Waals surface area contributed by atoms with Crippen LogP contribution in [-0.2, 0) is 0 Å². The largest absolute Gasteiger partial charge is 0.497 e. The highest BCUT2D eigenvalue weighted by Gasteiger charge is 2.15. The minimum atomic E-state index is -0.846. The molecule has 0 spiro atoms. The van der Waals surface area contributed by atoms with Crippen molar-refractivity contribution in [2.75, 3.05) is 7.11 Å². The van der Waals surface area contributed by atoms with Crippen molar-refractivity contribution in [2.45, 2.75) is 6.04 Å². The zero-order valence-electron chi connectivity index (χ0n) is 7.76. The number of benzene rings is 1. The zero-order valence-corrected chi connectivity index (χ0v) is 7.76. The first-order valence-electron chi connectivity index (χ1n) is 4.01. The van der Waals surface area contributed by atoms with Crippen molar-refractivity contribution in [1.29, 1.82) is 0 Å². The Hall–Kier alpha value is -1.42. The van der Waals surface area contributed by atoms with E-state index < -0.39 is 17.7 Å². The van der Waals surface area contributed by atoms with Crippen LogP contribution in [0, 0.1) is 11.6 Å². The Kier molecular flexibility index (Phi) is 3.19. The van der Waals surface area contributed by atoms with Crippen LogP contribution in [0.1, 0.15) is 11.6 Å². The molecule has 1 rings (SSSR count). The molecule has 2 N–H and O–H groups in total. The molecule has 0 aliphatic rings. The first-order valence-corrected chi connectivity index (χ1v) is 4.01. The molecule has 0 fully saturated rings. The number of nitrogens with two attached hydrogens (primary N) is 1. The summed E-state index contributed by atoms with van der Waals surface area (Å²) in [5, 5.41) is 0. The van der Waals surface area contributed by atoms with E-state index in [1.807, 2.05) is 0 Å². The Balaban J connectivity index is 3.24. The monoisotopic (exact) mass is 199 g/mol. The Labute approximate surface area is 81.0 Å². The SMILES string of the molecule is C=C[C@H](N)c1c(F)cc(OC)cc1F. The minimum Gasteiger partial charge on any atom is -0.497 e. The average molecular weight is 199 g/mol. The maximum atomic E-state index is 13.3. The van der Waals surface area contributed by atoms with Crippen LogP contribution in [0.5, 0.6) is 5.75 Å². The number of hydrogen-bond donors (Lipinski definition) is 1. The predicted molar refractivity (Wildman–Crippen MR) is 50.0 cm³/mol. The normalized spacial score (nSPS) is 12.3. The standard InChI is InChI=1S/C10H11F2NO/c1-3-9(13)10-7(11)4-6(14-2)5-8(10)12/h3-5,9H,1,13H2,2H3/t9-/m0/s1. The number of ether oxygens (including phenoxy) is 1. The molecule has 0 radical (unpaired) electrons. The van der Waals surface area contributed by atoms with Crippen LogP contribution < -0.4 is 10.5 Å². The number of methoxy groups -OCH3 is 1. The smallest absolute Gasteiger partial charge is 0.134 e. The van der Waals surface area contributed by atoms with Crippen LogP contribution in [0.3, 0.4) is 0 Å². The summed E-state index contributed by atoms with van der Waals surface area (Å²) in [7, 11) is 1.33. The van der Waals surface area contributed by atoms with Crippen molar-refractivity contribution in [3.05, 3.63) is 42.0 Å². The van der Waals surface area contributed by atoms with Gasteiger partial charge in [-0.05, 0) is 0 Å². The van der Waals surface area contributed by atoms with E-state index in [2.05, 4.69) is 6.58 Å². The van der Waals surface area contributed by atoms with E-state index in [9.17, 15) is 8.78 Å². The van der Waals surface area contributed by atoms with Gasteiger partial charge in [-0.2, -0.15) is 0 Å². The van der Waals surface area contributed by atoms with Gasteiger partial charge in [0.05, 0.1) is 13.2 Å². The van der Waals surface area contributed by atoms with E-state index in [0.717, 1.165) is 12.1 Å². The van der Waals surface area contributed by atoms with Crippen molar-refractivity contribution in [1.82, 2.24) is 0 Å². The molecule has 0 aliphatic heterocycles. The molecule has 0 saturated carbocycles. The Morgan fingerprint density at radius 2 is 1.93 bits per heavy atom. The second-order valence-electron chi connectivity index (χ2n) is 2.77. The molecule has 0 aromatic heterocycles. The van der Waals surface area contributed by atoms with Gasteiger partial charge in [0, 0.05) is 17.7 Å². The molecule has 1 atom stereocenters. The van der Waals surface area contributed by atoms with E-state index >= 15 is 0 Å². The molecule has 0 saturated heterocycles. The third-order valence-electron chi connectivity index (χ3n) is 1.88. The summed E-state index contributed by atoms with van der Waals surface area (Å²) < 4.78 is 31.3. The molecule has 0 unspecified atom stereocenters. The molecule has 1 aromatic carbocycles. The first kappa shape index (κ1) is 10.7. The predicted octanol–water partition coefficient (Wildman–Crippen LogP) is 2.16. The van der Waals surface area contributed by atoms with Gasteiger partial charge in [-0.15, -0.1) is 6.58 Å². The van der Waals surface area contributed by atoms with Crippen LogP contribution >= 0.6 is 0 Å². The van der Waals surface area contributed by atoms with Gasteiger partial charge in [-0.25, -0.2) is 8.78 Å². The molecule has 2 nitrogen and oxygen atoms in total. The molecule has 0 amide bonds. The van der Waals surface area contributed by atoms with E-state index in [1.54, 1.807) is 0 Å². The van der Waals surface area contributed by atoms with Gasteiger partial charge in [-0.3, -0.25) is 0 Å². The lowest BCUT2D eigenvalue weighted by atomic mass is 10.1. The second-order valence-corrected chi connectivity index (χ2v) is 2.77. The summed E-state index contributed by atoms with van der Waals surface area (Å²) in [6.07, 6.45) is 1.27. The molecule has 0 bridgehead atoms. The molecule has 1 aromatic rings. The molecule has 76 valence electrons. The highest BCUT2D eigenvalue weighted by molar-refractivity contribution is 5.33. The summed E-state index contributed by atoms with van der Waals surface area (Å²) in [6, 6.07) is 1.32. The average Bonchev–Trinajstić information content (AvgIpc) is 2.16. The van der Waals surface area contributed by atoms with Crippen LogP contribution in [0.25, 0.3) is 0 Å². The van der Waals surface area contributed by atoms with Crippen molar-refractivity contribution < 1.29 is 13.5 Å². The molecular weight excluding hydrogens is 188 g/mol. The van der Waals surface area contributed by atoms with E-state index in [-0.39, 0.29) is 11.3 Å². The van der Waals surface area contributed by atoms with Gasteiger partial charge < -0.3 is 10.5 Å². The third kappa shape index (κ3) is 1.90. The van der Waals surface area contributed by atoms with Gasteiger partial charge >= 0.3 is 0 Å². The van der Waals surface area contributed by atoms with Crippen LogP contribution in [0.2, 0.25) is 0 Å². The van der Waals surface area contributed by atoms with Gasteiger partial charge in [0.15, 0.2) is 0 Å². The quantitative estimate of drug-likeness (QED) is 0.757. The maximum Gasteiger partial charge on any atom is 0.134 e. The molecule has 0 aliphatic carbocycles. The first-order chi connectivity index (χ1) is 6.60. The van der Waals surface area contributed by atoms with Gasteiger partial charge in [0.2, 0.25) is 0 Å². The van der Waals surface area contributed by atoms with Crippen molar-refractivity contribution >= 4 is 0 Å². The molecule has 0 heterocycles. The fourth-order valence-corrected chi connectivity index (χ4v) is 1.12. The van der Waals surface area contributed by atoms with Crippen LogP contribution in [0.15, 0.2) is 24.8 Å². The Morgan fingerprint density at radius 3 is 2.29 bits per heavy atom. The zero-order chi connectivity index (χ0) is 10.7. The van der Waals surface area contributed by atoms with E-state index in [1.165, 1.54) is 13.2 Å². The summed E-state index contributed by atoms with van der Waals surface area (Å²) in [4.78, 5) is 0. The molecular formula is C10H11F2NO. The summed E-state index contributed by atoms with van der Waals surface area (Å²) in [5.74, 6) is -1.33. The lowest BCUT2D eigenvalue weighted by Crippen LogP contribution is -2.11. The molecule has 4 heteroatoms. The van der Waals surface area contributed by atoms with Crippen molar-refractivity contribution in [2.24, 2.45) is 5.73 Å². The van der Waals surface area contributed by atoms with Gasteiger partial charge in [-0.1, -0.05) is 6.08 Å². The highest BCUT2D eigenvalue weighted by Crippen LogP contribution is 2.24. The topological polar surface area (TPSA) is 35.2 Å². The fraction of sp³-hybridized carbons (Fsp3) is 0.200. The van der Waals surface area contributed by atoms with Gasteiger partial charge in [0.1, 0.15) is 17.4 Å². The number of halogens is 2. The van der Waals surface area contributed by atoms with E-state index in [4.69, 9.17) is 10.5 Å². The number of hydrogen-bond acceptors (Lipinski definition) is 2. The highest BCUT2D eigenvalue weighted by atomic mass is 19.1. The van der Waals surface area contributed by atoms with E-state index in [0.29, 0.717) is 0 Å².